The van der Waals surface area contributed by atoms with Gasteiger partial charge in [0, 0.05) is 19.5 Å². The number of hydrogen-bond donors (Lipinski definition) is 0. The third kappa shape index (κ3) is 7.23. The molecule has 0 saturated carbocycles. The normalized spacial score (nSPS) is 18.0. The van der Waals surface area contributed by atoms with E-state index >= 15 is 0 Å². The molecule has 1 aliphatic rings. The molecule has 0 aromatic heterocycles. The number of carbonyl (C=O) groups excluding carboxylic acids is 1. The quantitative estimate of drug-likeness (QED) is 0.206. The Balaban J connectivity index is 2.06. The Morgan fingerprint density at radius 1 is 0.947 bits per heavy atom. The average molecular weight is 558 g/mol. The van der Waals surface area contributed by atoms with Gasteiger partial charge in [0.05, 0.1) is 17.6 Å². The minimum absolute atomic E-state index is 0.206. The van der Waals surface area contributed by atoms with Crippen molar-refractivity contribution in [3.05, 3.63) is 71.3 Å². The fraction of sp³-hybridized carbons (Fsp3) is 0.500. The van der Waals surface area contributed by atoms with Crippen LogP contribution in [0.2, 0.25) is 18.1 Å². The van der Waals surface area contributed by atoms with Gasteiger partial charge in [0.1, 0.15) is 0 Å². The first-order chi connectivity index (χ1) is 18.2. The molecule has 1 atom stereocenters. The van der Waals surface area contributed by atoms with E-state index in [1.54, 1.807) is 16.4 Å². The molecule has 0 N–H and O–H groups in total. The lowest BCUT2D eigenvalue weighted by Gasteiger charge is -2.32. The van der Waals surface area contributed by atoms with E-state index in [1.807, 2.05) is 44.2 Å². The summed E-state index contributed by atoms with van der Waals surface area (Å²) in [5.41, 5.74) is 4.16. The molecule has 1 unspecified atom stereocenters. The summed E-state index contributed by atoms with van der Waals surface area (Å²) < 4.78 is 41.2. The van der Waals surface area contributed by atoms with Gasteiger partial charge < -0.3 is 9.16 Å². The zero-order valence-electron chi connectivity index (χ0n) is 23.5. The van der Waals surface area contributed by atoms with E-state index in [-0.39, 0.29) is 18.6 Å². The standard InChI is InChI=1S/C30H43NO5SSi/c1-6-35-30(32)17-13-16-27(25-14-11-10-12-15-25)28-22-31(23-29(28)36-38(7-2,8-3)9-4)37(33,34)26-20-18-24(5)19-21-26/h10-12,14-15,18-21,29H,6-9,13,16-17,22-23H2,1-5H3/b28-27+. The number of esters is 1. The summed E-state index contributed by atoms with van der Waals surface area (Å²) in [6, 6.07) is 20.1. The Morgan fingerprint density at radius 2 is 1.58 bits per heavy atom. The molecule has 0 spiro atoms. The third-order valence-corrected chi connectivity index (χ3v) is 14.2. The number of nitrogens with zero attached hydrogens (tertiary/aromatic N) is 1. The largest absolute Gasteiger partial charge is 0.466 e. The van der Waals surface area contributed by atoms with Crippen LogP contribution < -0.4 is 0 Å². The van der Waals surface area contributed by atoms with Gasteiger partial charge in [0.25, 0.3) is 0 Å². The van der Waals surface area contributed by atoms with Gasteiger partial charge in [0.2, 0.25) is 10.0 Å². The van der Waals surface area contributed by atoms with Crippen molar-refractivity contribution >= 4 is 29.9 Å². The van der Waals surface area contributed by atoms with E-state index in [0.717, 1.165) is 40.4 Å². The van der Waals surface area contributed by atoms with E-state index in [1.165, 1.54) is 0 Å². The highest BCUT2D eigenvalue weighted by Crippen LogP contribution is 2.37. The van der Waals surface area contributed by atoms with Crippen molar-refractivity contribution in [2.75, 3.05) is 19.7 Å². The van der Waals surface area contributed by atoms with Gasteiger partial charge in [-0.25, -0.2) is 8.42 Å². The highest BCUT2D eigenvalue weighted by molar-refractivity contribution is 7.89. The molecular weight excluding hydrogens is 514 g/mol. The zero-order chi connectivity index (χ0) is 27.8. The molecule has 0 aliphatic carbocycles. The fourth-order valence-electron chi connectivity index (χ4n) is 5.17. The van der Waals surface area contributed by atoms with Gasteiger partial charge in [-0.3, -0.25) is 4.79 Å². The number of carbonyl (C=O) groups is 1. The van der Waals surface area contributed by atoms with Crippen LogP contribution in [-0.2, 0) is 24.0 Å². The van der Waals surface area contributed by atoms with Gasteiger partial charge in [-0.2, -0.15) is 4.31 Å². The lowest BCUT2D eigenvalue weighted by atomic mass is 9.93. The molecule has 8 heteroatoms. The van der Waals surface area contributed by atoms with Crippen molar-refractivity contribution in [2.24, 2.45) is 0 Å². The lowest BCUT2D eigenvalue weighted by Crippen LogP contribution is -2.41. The van der Waals surface area contributed by atoms with Crippen molar-refractivity contribution in [1.82, 2.24) is 4.31 Å². The van der Waals surface area contributed by atoms with E-state index in [9.17, 15) is 13.2 Å². The molecular formula is C30H43NO5SSi. The minimum atomic E-state index is -3.69. The molecule has 208 valence electrons. The monoisotopic (exact) mass is 557 g/mol. The first-order valence-electron chi connectivity index (χ1n) is 13.9. The van der Waals surface area contributed by atoms with Crippen LogP contribution in [0.15, 0.2) is 65.1 Å². The number of aryl methyl sites for hydroxylation is 1. The molecule has 1 heterocycles. The van der Waals surface area contributed by atoms with Crippen LogP contribution in [0.3, 0.4) is 0 Å². The topological polar surface area (TPSA) is 72.9 Å². The third-order valence-electron chi connectivity index (χ3n) is 7.71. The zero-order valence-corrected chi connectivity index (χ0v) is 25.4. The van der Waals surface area contributed by atoms with E-state index in [0.29, 0.717) is 37.3 Å². The van der Waals surface area contributed by atoms with Crippen molar-refractivity contribution in [2.45, 2.75) is 83.0 Å². The smallest absolute Gasteiger partial charge is 0.305 e. The Kier molecular flexibility index (Phi) is 10.9. The summed E-state index contributed by atoms with van der Waals surface area (Å²) in [5, 5.41) is 0. The van der Waals surface area contributed by atoms with Crippen LogP contribution in [0.5, 0.6) is 0 Å². The number of rotatable bonds is 13. The maximum absolute atomic E-state index is 13.7. The van der Waals surface area contributed by atoms with E-state index in [2.05, 4.69) is 32.9 Å². The molecule has 38 heavy (non-hydrogen) atoms. The second kappa shape index (κ2) is 13.7. The Labute approximate surface area is 230 Å². The molecule has 6 nitrogen and oxygen atoms in total. The Morgan fingerprint density at radius 3 is 2.16 bits per heavy atom. The highest BCUT2D eigenvalue weighted by atomic mass is 32.2. The maximum Gasteiger partial charge on any atom is 0.305 e. The molecule has 1 fully saturated rings. The molecule has 0 radical (unpaired) electrons. The molecule has 0 amide bonds. The second-order valence-electron chi connectivity index (χ2n) is 9.99. The van der Waals surface area contributed by atoms with Gasteiger partial charge in [-0.1, -0.05) is 68.8 Å². The minimum Gasteiger partial charge on any atom is -0.466 e. The predicted octanol–water partition coefficient (Wildman–Crippen LogP) is 6.58. The van der Waals surface area contributed by atoms with E-state index in [4.69, 9.17) is 9.16 Å². The summed E-state index contributed by atoms with van der Waals surface area (Å²) in [6.45, 7) is 11.3. The first-order valence-corrected chi connectivity index (χ1v) is 17.8. The second-order valence-corrected chi connectivity index (χ2v) is 16.7. The number of ether oxygens (including phenoxy) is 1. The number of benzene rings is 2. The van der Waals surface area contributed by atoms with Gasteiger partial charge >= 0.3 is 5.97 Å². The fourth-order valence-corrected chi connectivity index (χ4v) is 9.41. The molecule has 0 bridgehead atoms. The molecule has 2 aromatic rings. The SMILES string of the molecule is CCOC(=O)CCC/C(=C1/CN(S(=O)(=O)c2ccc(C)cc2)CC1O[Si](CC)(CC)CC)c1ccccc1. The summed E-state index contributed by atoms with van der Waals surface area (Å²) in [7, 11) is -5.73. The van der Waals surface area contributed by atoms with Gasteiger partial charge in [-0.05, 0) is 73.7 Å². The summed E-state index contributed by atoms with van der Waals surface area (Å²) in [4.78, 5) is 12.4. The van der Waals surface area contributed by atoms with Crippen LogP contribution in [0.4, 0.5) is 0 Å². The molecule has 1 saturated heterocycles. The Hall–Kier alpha value is -2.26. The van der Waals surface area contributed by atoms with Crippen LogP contribution in [0, 0.1) is 6.92 Å². The number of allylic oxidation sites excluding steroid dienone is 1. The first kappa shape index (κ1) is 30.3. The molecule has 3 rings (SSSR count). The summed E-state index contributed by atoms with van der Waals surface area (Å²) in [6.07, 6.45) is 1.29. The maximum atomic E-state index is 13.7. The van der Waals surface area contributed by atoms with Crippen molar-refractivity contribution < 1.29 is 22.4 Å². The summed E-state index contributed by atoms with van der Waals surface area (Å²) >= 11 is 0. The van der Waals surface area contributed by atoms with Crippen LogP contribution in [0.1, 0.15) is 58.1 Å². The average Bonchev–Trinajstić information content (AvgIpc) is 3.34. The van der Waals surface area contributed by atoms with Gasteiger partial charge in [0.15, 0.2) is 8.32 Å². The number of sulfonamides is 1. The highest BCUT2D eigenvalue weighted by Gasteiger charge is 2.42. The van der Waals surface area contributed by atoms with E-state index < -0.39 is 18.3 Å². The van der Waals surface area contributed by atoms with Crippen LogP contribution in [0.25, 0.3) is 5.57 Å². The number of hydrogen-bond acceptors (Lipinski definition) is 5. The summed E-state index contributed by atoms with van der Waals surface area (Å²) in [5.74, 6) is -0.206. The van der Waals surface area contributed by atoms with Crippen molar-refractivity contribution in [3.63, 3.8) is 0 Å². The molecule has 2 aromatic carbocycles. The lowest BCUT2D eigenvalue weighted by molar-refractivity contribution is -0.143. The van der Waals surface area contributed by atoms with Crippen LogP contribution >= 0.6 is 0 Å². The van der Waals surface area contributed by atoms with Gasteiger partial charge in [-0.15, -0.1) is 0 Å². The van der Waals surface area contributed by atoms with Crippen molar-refractivity contribution in [3.8, 4) is 0 Å². The predicted molar refractivity (Wildman–Crippen MR) is 156 cm³/mol. The van der Waals surface area contributed by atoms with Crippen molar-refractivity contribution in [1.29, 1.82) is 0 Å². The van der Waals surface area contributed by atoms with Crippen LogP contribution in [-0.4, -0.2) is 52.8 Å². The molecule has 1 aliphatic heterocycles. The Bertz CT molecular complexity index is 1180.